The number of ether oxygens (including phenoxy) is 6. The highest BCUT2D eigenvalue weighted by Gasteiger charge is 2.15. The molecule has 0 aromatic heterocycles. The van der Waals surface area contributed by atoms with Crippen molar-refractivity contribution in [1.82, 2.24) is 0 Å². The van der Waals surface area contributed by atoms with E-state index in [0.29, 0.717) is 98.2 Å². The monoisotopic (exact) mass is 630 g/mol. The van der Waals surface area contributed by atoms with Crippen molar-refractivity contribution in [3.05, 3.63) is 109 Å². The highest BCUT2D eigenvalue weighted by Crippen LogP contribution is 2.27. The van der Waals surface area contributed by atoms with E-state index < -0.39 is 23.9 Å². The topological polar surface area (TPSA) is 124 Å². The Bertz CT molecular complexity index is 1480. The quantitative estimate of drug-likeness (QED) is 0.0631. The number of carbonyl (C=O) groups excluding carboxylic acids is 4. The molecule has 0 radical (unpaired) electrons. The molecule has 3 aromatic carbocycles. The van der Waals surface area contributed by atoms with Crippen LogP contribution in [0.3, 0.4) is 0 Å². The fourth-order valence-corrected chi connectivity index (χ4v) is 3.95. The van der Waals surface area contributed by atoms with Gasteiger partial charge in [0.1, 0.15) is 23.0 Å². The van der Waals surface area contributed by atoms with Crippen molar-refractivity contribution in [1.29, 1.82) is 0 Å². The van der Waals surface area contributed by atoms with Gasteiger partial charge >= 0.3 is 23.9 Å². The van der Waals surface area contributed by atoms with Gasteiger partial charge in [-0.25, -0.2) is 19.2 Å². The molecule has 10 nitrogen and oxygen atoms in total. The molecule has 0 aliphatic rings. The van der Waals surface area contributed by atoms with E-state index in [-0.39, 0.29) is 0 Å². The van der Waals surface area contributed by atoms with E-state index >= 15 is 0 Å². The van der Waals surface area contributed by atoms with Gasteiger partial charge in [-0.15, -0.1) is 0 Å². The van der Waals surface area contributed by atoms with E-state index in [0.717, 1.165) is 12.2 Å². The molecule has 3 rings (SSSR count). The molecule has 46 heavy (non-hydrogen) atoms. The summed E-state index contributed by atoms with van der Waals surface area (Å²) in [5.41, 5.74) is 1.39. The number of hydrogen-bond acceptors (Lipinski definition) is 10. The summed E-state index contributed by atoms with van der Waals surface area (Å²) in [6.45, 7) is 10.1. The summed E-state index contributed by atoms with van der Waals surface area (Å²) < 4.78 is 32.4. The first-order valence-electron chi connectivity index (χ1n) is 14.9. The van der Waals surface area contributed by atoms with E-state index in [1.807, 2.05) is 6.92 Å². The highest BCUT2D eigenvalue weighted by molar-refractivity contribution is 5.92. The van der Waals surface area contributed by atoms with Gasteiger partial charge < -0.3 is 28.4 Å². The van der Waals surface area contributed by atoms with Crippen molar-refractivity contribution in [3.8, 4) is 23.0 Å². The largest absolute Gasteiger partial charge is 0.494 e. The number of esters is 4. The predicted octanol–water partition coefficient (Wildman–Crippen LogP) is 6.46. The Balaban J connectivity index is 1.45. The van der Waals surface area contributed by atoms with Crippen LogP contribution in [0.4, 0.5) is 0 Å². The fourth-order valence-electron chi connectivity index (χ4n) is 3.95. The second kappa shape index (κ2) is 19.1. The molecule has 3 aromatic rings. The Morgan fingerprint density at radius 2 is 1.02 bits per heavy atom. The maximum absolute atomic E-state index is 12.8. The number of hydrogen-bond donors (Lipinski definition) is 0. The third-order valence-corrected chi connectivity index (χ3v) is 6.44. The summed E-state index contributed by atoms with van der Waals surface area (Å²) in [5.74, 6) is -0.0892. The molecule has 0 aliphatic carbocycles. The van der Waals surface area contributed by atoms with Crippen molar-refractivity contribution >= 4 is 23.9 Å². The van der Waals surface area contributed by atoms with Gasteiger partial charge in [-0.3, -0.25) is 0 Å². The lowest BCUT2D eigenvalue weighted by molar-refractivity contribution is -0.138. The van der Waals surface area contributed by atoms with Crippen molar-refractivity contribution < 1.29 is 47.6 Å². The van der Waals surface area contributed by atoms with E-state index in [1.54, 1.807) is 66.7 Å². The fraction of sp³-hybridized carbons (Fsp3) is 0.278. The summed E-state index contributed by atoms with van der Waals surface area (Å²) in [4.78, 5) is 47.6. The van der Waals surface area contributed by atoms with Crippen LogP contribution in [0.1, 0.15) is 58.9 Å². The second-order valence-electron chi connectivity index (χ2n) is 9.81. The van der Waals surface area contributed by atoms with E-state index in [2.05, 4.69) is 13.2 Å². The van der Waals surface area contributed by atoms with Gasteiger partial charge in [0.2, 0.25) is 0 Å². The molecule has 0 heterocycles. The Labute approximate surface area is 268 Å². The van der Waals surface area contributed by atoms with Crippen LogP contribution >= 0.6 is 0 Å². The third kappa shape index (κ3) is 12.0. The van der Waals surface area contributed by atoms with Gasteiger partial charge in [-0.2, -0.15) is 0 Å². The van der Waals surface area contributed by atoms with Crippen molar-refractivity contribution in [2.75, 3.05) is 26.4 Å². The van der Waals surface area contributed by atoms with Gasteiger partial charge in [-0.1, -0.05) is 20.1 Å². The van der Waals surface area contributed by atoms with Crippen LogP contribution in [0.25, 0.3) is 0 Å². The van der Waals surface area contributed by atoms with Gasteiger partial charge in [0, 0.05) is 12.2 Å². The number of aryl methyl sites for hydroxylation is 1. The molecular weight excluding hydrogens is 592 g/mol. The summed E-state index contributed by atoms with van der Waals surface area (Å²) >= 11 is 0. The third-order valence-electron chi connectivity index (χ3n) is 6.44. The van der Waals surface area contributed by atoms with Crippen LogP contribution in [-0.4, -0.2) is 50.3 Å². The van der Waals surface area contributed by atoms with Gasteiger partial charge in [0.05, 0.1) is 37.6 Å². The number of benzene rings is 3. The molecular formula is C36H38O10. The molecule has 0 spiro atoms. The summed E-state index contributed by atoms with van der Waals surface area (Å²) in [5, 5.41) is 0. The highest BCUT2D eigenvalue weighted by atomic mass is 16.5. The zero-order chi connectivity index (χ0) is 33.1. The maximum Gasteiger partial charge on any atom is 0.343 e. The van der Waals surface area contributed by atoms with E-state index in [9.17, 15) is 19.2 Å². The predicted molar refractivity (Wildman–Crippen MR) is 170 cm³/mol. The minimum absolute atomic E-state index is 0.300. The van der Waals surface area contributed by atoms with Crippen molar-refractivity contribution in [2.24, 2.45) is 0 Å². The summed E-state index contributed by atoms with van der Waals surface area (Å²) in [6.07, 6.45) is 5.49. The average Bonchev–Trinajstić information content (AvgIpc) is 3.08. The Kier molecular flexibility index (Phi) is 14.6. The van der Waals surface area contributed by atoms with Crippen LogP contribution in [0, 0.1) is 0 Å². The van der Waals surface area contributed by atoms with Gasteiger partial charge in [0.25, 0.3) is 0 Å². The first-order valence-corrected chi connectivity index (χ1v) is 14.9. The molecule has 0 saturated heterocycles. The van der Waals surface area contributed by atoms with E-state index in [1.165, 1.54) is 0 Å². The lowest BCUT2D eigenvalue weighted by atomic mass is 10.1. The average molecular weight is 631 g/mol. The molecule has 0 unspecified atom stereocenters. The minimum Gasteiger partial charge on any atom is -0.494 e. The summed E-state index contributed by atoms with van der Waals surface area (Å²) in [6, 6.07) is 18.0. The number of carbonyl (C=O) groups is 4. The zero-order valence-corrected chi connectivity index (χ0v) is 25.9. The normalized spacial score (nSPS) is 10.3. The van der Waals surface area contributed by atoms with E-state index in [4.69, 9.17) is 28.4 Å². The van der Waals surface area contributed by atoms with Crippen LogP contribution < -0.4 is 18.9 Å². The standard InChI is InChI=1S/C36H38O10/c1-4-26-25-31(45-35(39)27-11-15-29(16-12-27)41-21-7-9-23-43-33(37)5-2)19-20-32(26)46-36(40)28-13-17-30(18-14-28)42-22-8-10-24-44-34(38)6-3/h5-6,11-20,25H,2-4,7-10,21-24H2,1H3. The first-order chi connectivity index (χ1) is 22.3. The molecule has 0 bridgehead atoms. The molecule has 0 amide bonds. The summed E-state index contributed by atoms with van der Waals surface area (Å²) in [7, 11) is 0. The Hall–Kier alpha value is -5.38. The second-order valence-corrected chi connectivity index (χ2v) is 9.81. The Morgan fingerprint density at radius 1 is 0.587 bits per heavy atom. The van der Waals surface area contributed by atoms with Crippen LogP contribution in [0.5, 0.6) is 23.0 Å². The number of rotatable bonds is 19. The Morgan fingerprint density at radius 3 is 1.48 bits per heavy atom. The smallest absolute Gasteiger partial charge is 0.343 e. The van der Waals surface area contributed by atoms with Crippen LogP contribution in [0.15, 0.2) is 92.0 Å². The molecule has 242 valence electrons. The molecule has 10 heteroatoms. The molecule has 0 N–H and O–H groups in total. The van der Waals surface area contributed by atoms with Crippen LogP contribution in [-0.2, 0) is 25.5 Å². The molecule has 0 saturated carbocycles. The van der Waals surface area contributed by atoms with Crippen molar-refractivity contribution in [3.63, 3.8) is 0 Å². The SMILES string of the molecule is C=CC(=O)OCCCCOc1ccc(C(=O)Oc2ccc(OC(=O)c3ccc(OCCCCOC(=O)C=C)cc3)c(CC)c2)cc1. The lowest BCUT2D eigenvalue weighted by Crippen LogP contribution is -2.11. The van der Waals surface area contributed by atoms with Gasteiger partial charge in [0.15, 0.2) is 0 Å². The lowest BCUT2D eigenvalue weighted by Gasteiger charge is -2.12. The zero-order valence-electron chi connectivity index (χ0n) is 25.9. The maximum atomic E-state index is 12.8. The molecule has 0 atom stereocenters. The first kappa shape index (κ1) is 35.1. The molecule has 0 aliphatic heterocycles. The minimum atomic E-state index is -0.541. The van der Waals surface area contributed by atoms with Gasteiger partial charge in [-0.05, 0) is 104 Å². The van der Waals surface area contributed by atoms with Crippen LogP contribution in [0.2, 0.25) is 0 Å². The number of unbranched alkanes of at least 4 members (excludes halogenated alkanes) is 2. The van der Waals surface area contributed by atoms with Crippen molar-refractivity contribution in [2.45, 2.75) is 39.0 Å². The molecule has 0 fully saturated rings.